The molecule has 0 saturated carbocycles. The smallest absolute Gasteiger partial charge is 0.193 e. The number of hydrogen-bond acceptors (Lipinski definition) is 5. The third-order valence-electron chi connectivity index (χ3n) is 4.88. The summed E-state index contributed by atoms with van der Waals surface area (Å²) in [4.78, 5) is 6.46. The molecule has 1 aromatic carbocycles. The van der Waals surface area contributed by atoms with Crippen LogP contribution in [0.15, 0.2) is 23.2 Å². The second kappa shape index (κ2) is 9.64. The predicted octanol–water partition coefficient (Wildman–Crippen LogP) is 1.91. The van der Waals surface area contributed by atoms with Crippen molar-refractivity contribution in [3.05, 3.63) is 23.8 Å². The Balaban J connectivity index is 2.01. The normalized spacial score (nSPS) is 16.9. The van der Waals surface area contributed by atoms with Crippen molar-refractivity contribution >= 4 is 5.96 Å². The highest BCUT2D eigenvalue weighted by atomic mass is 16.5. The van der Waals surface area contributed by atoms with Gasteiger partial charge in [0.1, 0.15) is 11.5 Å². The summed E-state index contributed by atoms with van der Waals surface area (Å²) < 4.78 is 22.0. The molecule has 0 bridgehead atoms. The van der Waals surface area contributed by atoms with E-state index in [9.17, 15) is 0 Å². The van der Waals surface area contributed by atoms with Crippen molar-refractivity contribution < 1.29 is 18.9 Å². The number of aliphatic imine (C=N–C) groups is 1. The Morgan fingerprint density at radius 3 is 2.54 bits per heavy atom. The molecular weight excluding hydrogens is 334 g/mol. The summed E-state index contributed by atoms with van der Waals surface area (Å²) in [6, 6.07) is 5.84. The fourth-order valence-corrected chi connectivity index (χ4v) is 3.13. The van der Waals surface area contributed by atoms with Gasteiger partial charge < -0.3 is 29.2 Å². The van der Waals surface area contributed by atoms with Crippen LogP contribution in [0.5, 0.6) is 11.5 Å². The fraction of sp³-hybridized carbons (Fsp3) is 0.632. The van der Waals surface area contributed by atoms with Gasteiger partial charge in [0.05, 0.1) is 19.8 Å². The zero-order valence-corrected chi connectivity index (χ0v) is 16.5. The molecule has 0 aromatic heterocycles. The maximum absolute atomic E-state index is 5.78. The number of benzene rings is 1. The lowest BCUT2D eigenvalue weighted by Crippen LogP contribution is -2.50. The highest BCUT2D eigenvalue weighted by Gasteiger charge is 2.32. The second-order valence-electron chi connectivity index (χ2n) is 6.43. The molecule has 2 rings (SSSR count). The summed E-state index contributed by atoms with van der Waals surface area (Å²) in [5, 5.41) is 3.44. The fourth-order valence-electron chi connectivity index (χ4n) is 3.13. The van der Waals surface area contributed by atoms with Crippen LogP contribution >= 0.6 is 0 Å². The molecule has 1 N–H and O–H groups in total. The van der Waals surface area contributed by atoms with Gasteiger partial charge in [-0.2, -0.15) is 0 Å². The number of ether oxygens (including phenoxy) is 4. The zero-order chi connectivity index (χ0) is 19.0. The number of rotatable bonds is 7. The van der Waals surface area contributed by atoms with Gasteiger partial charge in [0.2, 0.25) is 0 Å². The van der Waals surface area contributed by atoms with E-state index in [-0.39, 0.29) is 5.60 Å². The minimum Gasteiger partial charge on any atom is -0.497 e. The number of nitrogens with zero attached hydrogens (tertiary/aromatic N) is 2. The average molecular weight is 365 g/mol. The van der Waals surface area contributed by atoms with Gasteiger partial charge in [-0.15, -0.1) is 0 Å². The molecule has 1 aliphatic heterocycles. The molecule has 0 atom stereocenters. The Bertz CT molecular complexity index is 600. The van der Waals surface area contributed by atoms with Crippen LogP contribution < -0.4 is 14.8 Å². The lowest BCUT2D eigenvalue weighted by atomic mass is 9.94. The summed E-state index contributed by atoms with van der Waals surface area (Å²) in [7, 11) is 8.87. The van der Waals surface area contributed by atoms with Crippen LogP contribution in [0.3, 0.4) is 0 Å². The molecule has 1 heterocycles. The lowest BCUT2D eigenvalue weighted by Gasteiger charge is -2.37. The van der Waals surface area contributed by atoms with Gasteiger partial charge in [0.15, 0.2) is 5.96 Å². The highest BCUT2D eigenvalue weighted by molar-refractivity contribution is 5.79. The van der Waals surface area contributed by atoms with Crippen molar-refractivity contribution in [1.82, 2.24) is 10.2 Å². The van der Waals surface area contributed by atoms with E-state index < -0.39 is 0 Å². The summed E-state index contributed by atoms with van der Waals surface area (Å²) in [5.41, 5.74) is 0.860. The first-order chi connectivity index (χ1) is 12.6. The molecule has 0 spiro atoms. The second-order valence-corrected chi connectivity index (χ2v) is 6.43. The molecule has 1 saturated heterocycles. The van der Waals surface area contributed by atoms with Gasteiger partial charge in [-0.3, -0.25) is 4.99 Å². The lowest BCUT2D eigenvalue weighted by molar-refractivity contribution is -0.0857. The molecule has 7 heteroatoms. The van der Waals surface area contributed by atoms with Gasteiger partial charge >= 0.3 is 0 Å². The first-order valence-electron chi connectivity index (χ1n) is 8.83. The van der Waals surface area contributed by atoms with Crippen molar-refractivity contribution in [2.45, 2.75) is 25.0 Å². The number of guanidine groups is 1. The van der Waals surface area contributed by atoms with E-state index in [1.165, 1.54) is 0 Å². The Labute approximate surface area is 156 Å². The monoisotopic (exact) mass is 365 g/mol. The Hall–Kier alpha value is -1.99. The molecule has 1 aromatic rings. The van der Waals surface area contributed by atoms with E-state index in [1.807, 2.05) is 25.2 Å². The van der Waals surface area contributed by atoms with E-state index in [4.69, 9.17) is 18.9 Å². The number of hydrogen-bond donors (Lipinski definition) is 1. The third-order valence-corrected chi connectivity index (χ3v) is 4.88. The maximum atomic E-state index is 5.78. The van der Waals surface area contributed by atoms with Crippen molar-refractivity contribution in [3.63, 3.8) is 0 Å². The van der Waals surface area contributed by atoms with Gasteiger partial charge in [-0.05, 0) is 12.1 Å². The van der Waals surface area contributed by atoms with Crippen molar-refractivity contribution in [2.24, 2.45) is 4.99 Å². The first-order valence-corrected chi connectivity index (χ1v) is 8.83. The van der Waals surface area contributed by atoms with E-state index in [0.29, 0.717) is 13.1 Å². The van der Waals surface area contributed by atoms with Crippen LogP contribution in [-0.2, 0) is 16.0 Å². The van der Waals surface area contributed by atoms with Crippen LogP contribution in [-0.4, -0.2) is 71.6 Å². The van der Waals surface area contributed by atoms with E-state index >= 15 is 0 Å². The third kappa shape index (κ3) is 5.02. The molecule has 26 heavy (non-hydrogen) atoms. The van der Waals surface area contributed by atoms with Crippen LogP contribution in [0.1, 0.15) is 18.4 Å². The SMILES string of the molecule is CN=C(NCC1(OC)CCOCC1)N(C)Cc1ccc(OC)cc1OC. The minimum absolute atomic E-state index is 0.202. The van der Waals surface area contributed by atoms with Gasteiger partial charge in [-0.1, -0.05) is 0 Å². The number of nitrogens with one attached hydrogen (secondary N) is 1. The van der Waals surface area contributed by atoms with Gasteiger partial charge in [-0.25, -0.2) is 0 Å². The van der Waals surface area contributed by atoms with Crippen molar-refractivity contribution in [1.29, 1.82) is 0 Å². The minimum atomic E-state index is -0.202. The molecular formula is C19H31N3O4. The van der Waals surface area contributed by atoms with Crippen LogP contribution in [0, 0.1) is 0 Å². The first kappa shape index (κ1) is 20.3. The van der Waals surface area contributed by atoms with Crippen molar-refractivity contribution in [3.8, 4) is 11.5 Å². The molecule has 0 aliphatic carbocycles. The summed E-state index contributed by atoms with van der Waals surface area (Å²) in [6.07, 6.45) is 1.76. The summed E-state index contributed by atoms with van der Waals surface area (Å²) >= 11 is 0. The van der Waals surface area contributed by atoms with Gasteiger partial charge in [0.25, 0.3) is 0 Å². The largest absolute Gasteiger partial charge is 0.497 e. The molecule has 1 fully saturated rings. The maximum Gasteiger partial charge on any atom is 0.193 e. The van der Waals surface area contributed by atoms with E-state index in [0.717, 1.165) is 49.1 Å². The quantitative estimate of drug-likeness (QED) is 0.588. The van der Waals surface area contributed by atoms with Crippen LogP contribution in [0.2, 0.25) is 0 Å². The zero-order valence-electron chi connectivity index (χ0n) is 16.5. The standard InChI is InChI=1S/C19H31N3O4/c1-20-18(21-14-19(25-5)8-10-26-11-9-19)22(2)13-15-6-7-16(23-3)12-17(15)24-4/h6-7,12H,8-11,13-14H2,1-5H3,(H,20,21). The van der Waals surface area contributed by atoms with Crippen LogP contribution in [0.25, 0.3) is 0 Å². The summed E-state index contributed by atoms with van der Waals surface area (Å²) in [6.45, 7) is 2.82. The number of methoxy groups -OCH3 is 3. The topological polar surface area (TPSA) is 64.6 Å². The molecule has 0 unspecified atom stereocenters. The average Bonchev–Trinajstić information content (AvgIpc) is 2.69. The predicted molar refractivity (Wildman–Crippen MR) is 102 cm³/mol. The summed E-state index contributed by atoms with van der Waals surface area (Å²) in [5.74, 6) is 2.38. The molecule has 0 radical (unpaired) electrons. The Morgan fingerprint density at radius 2 is 1.96 bits per heavy atom. The van der Waals surface area contributed by atoms with E-state index in [1.54, 1.807) is 28.4 Å². The van der Waals surface area contributed by atoms with Crippen molar-refractivity contribution in [2.75, 3.05) is 55.2 Å². The molecule has 146 valence electrons. The van der Waals surface area contributed by atoms with Crippen LogP contribution in [0.4, 0.5) is 0 Å². The van der Waals surface area contributed by atoms with E-state index in [2.05, 4.69) is 15.2 Å². The molecule has 0 amide bonds. The van der Waals surface area contributed by atoms with Gasteiger partial charge in [0, 0.05) is 72.0 Å². The Kier molecular flexibility index (Phi) is 7.53. The molecule has 1 aliphatic rings. The Morgan fingerprint density at radius 1 is 1.23 bits per heavy atom. The highest BCUT2D eigenvalue weighted by Crippen LogP contribution is 2.26. The molecule has 7 nitrogen and oxygen atoms in total.